The van der Waals surface area contributed by atoms with Crippen LogP contribution >= 0.6 is 11.3 Å². The van der Waals surface area contributed by atoms with E-state index in [-0.39, 0.29) is 11.9 Å². The van der Waals surface area contributed by atoms with Gasteiger partial charge in [0.1, 0.15) is 0 Å². The van der Waals surface area contributed by atoms with Crippen LogP contribution in [0.5, 0.6) is 0 Å². The van der Waals surface area contributed by atoms with Crippen LogP contribution in [-0.4, -0.2) is 46.9 Å². The maximum atomic E-state index is 12.9. The molecule has 1 atom stereocenters. The van der Waals surface area contributed by atoms with Crippen LogP contribution in [0.4, 0.5) is 0 Å². The predicted molar refractivity (Wildman–Crippen MR) is 98.1 cm³/mol. The van der Waals surface area contributed by atoms with Crippen molar-refractivity contribution in [3.8, 4) is 0 Å². The summed E-state index contributed by atoms with van der Waals surface area (Å²) < 4.78 is 0. The largest absolute Gasteiger partial charge is 0.337 e. The number of carbonyl (C=O) groups is 1. The van der Waals surface area contributed by atoms with Crippen LogP contribution in [0.25, 0.3) is 0 Å². The van der Waals surface area contributed by atoms with E-state index in [1.807, 2.05) is 29.3 Å². The summed E-state index contributed by atoms with van der Waals surface area (Å²) in [5, 5.41) is 1.16. The van der Waals surface area contributed by atoms with Crippen LogP contribution in [0.3, 0.4) is 0 Å². The molecule has 24 heavy (non-hydrogen) atoms. The fraction of sp³-hybridized carbons (Fsp3) is 0.474. The molecule has 2 aromatic rings. The van der Waals surface area contributed by atoms with Gasteiger partial charge in [-0.3, -0.25) is 9.69 Å². The molecule has 1 amide bonds. The fourth-order valence-corrected chi connectivity index (χ4v) is 4.01. The molecule has 3 rings (SSSR count). The molecule has 5 heteroatoms. The highest BCUT2D eigenvalue weighted by molar-refractivity contribution is 7.11. The Morgan fingerprint density at radius 3 is 2.83 bits per heavy atom. The Morgan fingerprint density at radius 1 is 1.33 bits per heavy atom. The molecule has 1 fully saturated rings. The number of piperidine rings is 1. The van der Waals surface area contributed by atoms with Gasteiger partial charge in [0.15, 0.2) is 0 Å². The Bertz CT molecular complexity index is 670. The maximum absolute atomic E-state index is 12.9. The van der Waals surface area contributed by atoms with Crippen LogP contribution in [0.15, 0.2) is 36.5 Å². The van der Waals surface area contributed by atoms with Crippen molar-refractivity contribution in [2.45, 2.75) is 38.8 Å². The molecule has 2 heterocycles. The summed E-state index contributed by atoms with van der Waals surface area (Å²) in [5.74, 6) is 0.267. The van der Waals surface area contributed by atoms with Gasteiger partial charge in [-0.15, -0.1) is 11.3 Å². The first-order chi connectivity index (χ1) is 11.6. The normalized spacial score (nSPS) is 18.4. The zero-order valence-corrected chi connectivity index (χ0v) is 15.3. The van der Waals surface area contributed by atoms with Crippen molar-refractivity contribution in [3.05, 3.63) is 52.0 Å². The first-order valence-electron chi connectivity index (χ1n) is 8.58. The Kier molecular flexibility index (Phi) is 5.63. The second-order valence-corrected chi connectivity index (χ2v) is 7.82. The third-order valence-electron chi connectivity index (χ3n) is 4.60. The van der Waals surface area contributed by atoms with E-state index in [2.05, 4.69) is 36.0 Å². The lowest BCUT2D eigenvalue weighted by molar-refractivity contribution is -0.140. The molecule has 1 saturated heterocycles. The molecule has 1 aliphatic rings. The number of nitrogens with zero attached hydrogens (tertiary/aromatic N) is 3. The quantitative estimate of drug-likeness (QED) is 0.808. The van der Waals surface area contributed by atoms with Crippen LogP contribution in [0.2, 0.25) is 0 Å². The average Bonchev–Trinajstić information content (AvgIpc) is 3.01. The van der Waals surface area contributed by atoms with E-state index in [0.717, 1.165) is 43.9 Å². The molecular weight excluding hydrogens is 318 g/mol. The van der Waals surface area contributed by atoms with Crippen LogP contribution in [0.1, 0.15) is 28.3 Å². The van der Waals surface area contributed by atoms with E-state index >= 15 is 0 Å². The number of hydrogen-bond acceptors (Lipinski definition) is 4. The molecule has 1 aliphatic heterocycles. The number of likely N-dealkylation sites (N-methyl/N-ethyl adjacent to an activating group) is 1. The van der Waals surface area contributed by atoms with Crippen molar-refractivity contribution in [1.29, 1.82) is 0 Å². The smallest absolute Gasteiger partial charge is 0.240 e. The molecule has 0 aliphatic carbocycles. The van der Waals surface area contributed by atoms with Gasteiger partial charge in [-0.25, -0.2) is 4.98 Å². The van der Waals surface area contributed by atoms with Gasteiger partial charge in [0, 0.05) is 37.1 Å². The summed E-state index contributed by atoms with van der Waals surface area (Å²) in [7, 11) is 2.06. The minimum Gasteiger partial charge on any atom is -0.337 e. The minimum absolute atomic E-state index is 0.00326. The topological polar surface area (TPSA) is 36.4 Å². The van der Waals surface area contributed by atoms with Gasteiger partial charge in [0.25, 0.3) is 0 Å². The highest BCUT2D eigenvalue weighted by atomic mass is 32.1. The third-order valence-corrected chi connectivity index (χ3v) is 5.57. The van der Waals surface area contributed by atoms with Crippen molar-refractivity contribution in [2.75, 3.05) is 20.1 Å². The summed E-state index contributed by atoms with van der Waals surface area (Å²) in [5.41, 5.74) is 1.20. The van der Waals surface area contributed by atoms with Crippen molar-refractivity contribution < 1.29 is 4.79 Å². The van der Waals surface area contributed by atoms with Crippen molar-refractivity contribution in [1.82, 2.24) is 14.8 Å². The van der Waals surface area contributed by atoms with Gasteiger partial charge in [-0.05, 0) is 32.4 Å². The molecule has 1 aromatic heterocycles. The summed E-state index contributed by atoms with van der Waals surface area (Å²) >= 11 is 1.75. The number of aryl methyl sites for hydroxylation is 1. The van der Waals surface area contributed by atoms with Crippen LogP contribution in [0, 0.1) is 6.92 Å². The molecule has 0 radical (unpaired) electrons. The SMILES string of the molecule is Cc1cnc(CCN(C)[C@H]2CCCN(Cc3ccccc3)C2=O)s1. The van der Waals surface area contributed by atoms with Crippen LogP contribution < -0.4 is 0 Å². The molecule has 128 valence electrons. The summed E-state index contributed by atoms with van der Waals surface area (Å²) in [4.78, 5) is 22.7. The number of amides is 1. The van der Waals surface area contributed by atoms with Crippen molar-refractivity contribution >= 4 is 17.2 Å². The van der Waals surface area contributed by atoms with Crippen molar-refractivity contribution in [3.63, 3.8) is 0 Å². The third kappa shape index (κ3) is 4.22. The number of hydrogen-bond donors (Lipinski definition) is 0. The average molecular weight is 343 g/mol. The Hall–Kier alpha value is -1.72. The van der Waals surface area contributed by atoms with Gasteiger partial charge >= 0.3 is 0 Å². The second kappa shape index (κ2) is 7.90. The standard InChI is InChI=1S/C19H25N3OS/c1-15-13-20-18(24-15)10-12-21(2)17-9-6-11-22(19(17)23)14-16-7-4-3-5-8-16/h3-5,7-8,13,17H,6,9-12,14H2,1-2H3/t17-/m0/s1. The Morgan fingerprint density at radius 2 is 2.12 bits per heavy atom. The number of benzene rings is 1. The number of aromatic nitrogens is 1. The Balaban J connectivity index is 1.57. The first-order valence-corrected chi connectivity index (χ1v) is 9.39. The molecule has 4 nitrogen and oxygen atoms in total. The van der Waals surface area contributed by atoms with E-state index in [1.165, 1.54) is 10.4 Å². The molecule has 1 aromatic carbocycles. The maximum Gasteiger partial charge on any atom is 0.240 e. The summed E-state index contributed by atoms with van der Waals surface area (Å²) in [6.45, 7) is 4.54. The van der Waals surface area contributed by atoms with Gasteiger partial charge in [-0.1, -0.05) is 30.3 Å². The zero-order chi connectivity index (χ0) is 16.9. The second-order valence-electron chi connectivity index (χ2n) is 6.50. The van der Waals surface area contributed by atoms with Gasteiger partial charge < -0.3 is 4.90 Å². The van der Waals surface area contributed by atoms with Crippen molar-refractivity contribution in [2.24, 2.45) is 0 Å². The predicted octanol–water partition coefficient (Wildman–Crippen LogP) is 3.12. The van der Waals surface area contributed by atoms with Gasteiger partial charge in [0.05, 0.1) is 11.0 Å². The van der Waals surface area contributed by atoms with E-state index in [1.54, 1.807) is 11.3 Å². The molecule has 0 saturated carbocycles. The van der Waals surface area contributed by atoms with E-state index in [0.29, 0.717) is 0 Å². The van der Waals surface area contributed by atoms with Crippen LogP contribution in [-0.2, 0) is 17.8 Å². The fourth-order valence-electron chi connectivity index (χ4n) is 3.23. The number of rotatable bonds is 6. The van der Waals surface area contributed by atoms with E-state index < -0.39 is 0 Å². The molecule has 0 N–H and O–H groups in total. The van der Waals surface area contributed by atoms with Gasteiger partial charge in [0.2, 0.25) is 5.91 Å². The summed E-state index contributed by atoms with van der Waals surface area (Å²) in [6, 6.07) is 10.3. The number of likely N-dealkylation sites (tertiary alicyclic amines) is 1. The lowest BCUT2D eigenvalue weighted by atomic mass is 10.0. The lowest BCUT2D eigenvalue weighted by Crippen LogP contribution is -2.51. The van der Waals surface area contributed by atoms with Gasteiger partial charge in [-0.2, -0.15) is 0 Å². The molecule has 0 unspecified atom stereocenters. The number of thiazole rings is 1. The highest BCUT2D eigenvalue weighted by Crippen LogP contribution is 2.20. The lowest BCUT2D eigenvalue weighted by Gasteiger charge is -2.36. The first kappa shape index (κ1) is 17.1. The molecule has 0 bridgehead atoms. The summed E-state index contributed by atoms with van der Waals surface area (Å²) in [6.07, 6.45) is 4.87. The highest BCUT2D eigenvalue weighted by Gasteiger charge is 2.31. The van der Waals surface area contributed by atoms with E-state index in [4.69, 9.17) is 0 Å². The monoisotopic (exact) mass is 343 g/mol. The van der Waals surface area contributed by atoms with E-state index in [9.17, 15) is 4.79 Å². The minimum atomic E-state index is 0.00326. The molecule has 0 spiro atoms. The number of carbonyl (C=O) groups excluding carboxylic acids is 1. The molecular formula is C19H25N3OS. The zero-order valence-electron chi connectivity index (χ0n) is 14.4. The Labute approximate surface area is 148 Å².